The Hall–Kier alpha value is -2.84. The van der Waals surface area contributed by atoms with Crippen LogP contribution in [0.15, 0.2) is 48.5 Å². The fraction of sp³-hybridized carbons (Fsp3) is 0.440. The molecule has 5 heteroatoms. The Kier molecular flexibility index (Phi) is 7.87. The number of amides is 1. The number of nitriles is 1. The van der Waals surface area contributed by atoms with E-state index < -0.39 is 0 Å². The molecular weight excluding hydrogens is 374 g/mol. The molecule has 0 saturated carbocycles. The van der Waals surface area contributed by atoms with Crippen LogP contribution in [0.3, 0.4) is 0 Å². The molecule has 1 aliphatic rings. The van der Waals surface area contributed by atoms with E-state index in [9.17, 15) is 4.79 Å². The summed E-state index contributed by atoms with van der Waals surface area (Å²) in [5.41, 5.74) is 3.16. The van der Waals surface area contributed by atoms with Gasteiger partial charge in [-0.25, -0.2) is 0 Å². The van der Waals surface area contributed by atoms with Crippen molar-refractivity contribution >= 4 is 11.6 Å². The standard InChI is InChI=1S/C25H31N3O2/c1-20-9-6-13-24(21(20)2)28(16-8-14-26)25(29)18-27-15-7-10-22(17-27)19-30-23-11-4-3-5-12-23/h3-6,9,11-13,22H,7-8,10,15-19H2,1-2H3. The van der Waals surface area contributed by atoms with Gasteiger partial charge >= 0.3 is 0 Å². The van der Waals surface area contributed by atoms with E-state index in [1.807, 2.05) is 62.4 Å². The number of aryl methyl sites for hydroxylation is 1. The van der Waals surface area contributed by atoms with E-state index in [4.69, 9.17) is 10.00 Å². The van der Waals surface area contributed by atoms with Gasteiger partial charge in [0.05, 0.1) is 25.6 Å². The molecule has 30 heavy (non-hydrogen) atoms. The Morgan fingerprint density at radius 2 is 2.00 bits per heavy atom. The second-order valence-corrected chi connectivity index (χ2v) is 8.04. The van der Waals surface area contributed by atoms with Gasteiger partial charge in [-0.05, 0) is 62.6 Å². The van der Waals surface area contributed by atoms with Gasteiger partial charge in [-0.3, -0.25) is 9.69 Å². The van der Waals surface area contributed by atoms with Crippen molar-refractivity contribution < 1.29 is 9.53 Å². The van der Waals surface area contributed by atoms with E-state index in [0.717, 1.165) is 48.5 Å². The van der Waals surface area contributed by atoms with Gasteiger partial charge in [-0.2, -0.15) is 5.26 Å². The number of ether oxygens (including phenoxy) is 1. The van der Waals surface area contributed by atoms with E-state index in [1.54, 1.807) is 4.90 Å². The lowest BCUT2D eigenvalue weighted by Gasteiger charge is -2.34. The monoisotopic (exact) mass is 405 g/mol. The Morgan fingerprint density at radius 3 is 2.77 bits per heavy atom. The largest absolute Gasteiger partial charge is 0.493 e. The van der Waals surface area contributed by atoms with Crippen LogP contribution in [0.4, 0.5) is 5.69 Å². The van der Waals surface area contributed by atoms with E-state index in [0.29, 0.717) is 32.0 Å². The first-order valence-corrected chi connectivity index (χ1v) is 10.7. The van der Waals surface area contributed by atoms with Gasteiger partial charge in [0, 0.05) is 24.7 Å². The van der Waals surface area contributed by atoms with Gasteiger partial charge in [0.25, 0.3) is 0 Å². The van der Waals surface area contributed by atoms with Gasteiger partial charge in [-0.15, -0.1) is 0 Å². The maximum atomic E-state index is 13.2. The lowest BCUT2D eigenvalue weighted by molar-refractivity contribution is -0.120. The summed E-state index contributed by atoms with van der Waals surface area (Å²) in [7, 11) is 0. The number of benzene rings is 2. The zero-order valence-corrected chi connectivity index (χ0v) is 18.0. The number of rotatable bonds is 8. The molecule has 0 aliphatic carbocycles. The number of likely N-dealkylation sites (tertiary alicyclic amines) is 1. The van der Waals surface area contributed by atoms with Crippen LogP contribution in [0.1, 0.15) is 30.4 Å². The van der Waals surface area contributed by atoms with Gasteiger partial charge in [-0.1, -0.05) is 30.3 Å². The van der Waals surface area contributed by atoms with Crippen LogP contribution in [-0.2, 0) is 4.79 Å². The van der Waals surface area contributed by atoms with Gasteiger partial charge in [0.1, 0.15) is 5.75 Å². The summed E-state index contributed by atoms with van der Waals surface area (Å²) in [6, 6.07) is 18.1. The molecule has 0 aromatic heterocycles. The smallest absolute Gasteiger partial charge is 0.241 e. The van der Waals surface area contributed by atoms with E-state index >= 15 is 0 Å². The summed E-state index contributed by atoms with van der Waals surface area (Å²) in [6.45, 7) is 7.34. The van der Waals surface area contributed by atoms with Crippen LogP contribution in [-0.4, -0.2) is 43.6 Å². The molecular formula is C25H31N3O2. The summed E-state index contributed by atoms with van der Waals surface area (Å²) < 4.78 is 5.94. The maximum absolute atomic E-state index is 13.2. The van der Waals surface area contributed by atoms with E-state index in [-0.39, 0.29) is 5.91 Å². The van der Waals surface area contributed by atoms with Gasteiger partial charge < -0.3 is 9.64 Å². The zero-order chi connectivity index (χ0) is 21.3. The minimum atomic E-state index is 0.0589. The van der Waals surface area contributed by atoms with E-state index in [2.05, 4.69) is 11.0 Å². The van der Waals surface area contributed by atoms with Crippen molar-refractivity contribution in [2.75, 3.05) is 37.7 Å². The Morgan fingerprint density at radius 1 is 1.20 bits per heavy atom. The van der Waals surface area contributed by atoms with Crippen molar-refractivity contribution in [1.29, 1.82) is 5.26 Å². The number of anilines is 1. The lowest BCUT2D eigenvalue weighted by atomic mass is 9.99. The second-order valence-electron chi connectivity index (χ2n) is 8.04. The number of carbonyl (C=O) groups is 1. The molecule has 1 amide bonds. The highest BCUT2D eigenvalue weighted by Gasteiger charge is 2.25. The number of nitrogens with zero attached hydrogens (tertiary/aromatic N) is 3. The molecule has 0 N–H and O–H groups in total. The highest BCUT2D eigenvalue weighted by atomic mass is 16.5. The van der Waals surface area contributed by atoms with Crippen LogP contribution in [0.2, 0.25) is 0 Å². The molecule has 2 aromatic rings. The SMILES string of the molecule is Cc1cccc(N(CCC#N)C(=O)CN2CCCC(COc3ccccc3)C2)c1C. The number of para-hydroxylation sites is 1. The predicted octanol–water partition coefficient (Wildman–Crippen LogP) is 4.34. The van der Waals surface area contributed by atoms with Crippen molar-refractivity contribution in [3.8, 4) is 11.8 Å². The second kappa shape index (κ2) is 10.8. The average molecular weight is 406 g/mol. The van der Waals surface area contributed by atoms with Crippen molar-refractivity contribution in [3.63, 3.8) is 0 Å². The fourth-order valence-corrected chi connectivity index (χ4v) is 4.01. The molecule has 1 saturated heterocycles. The summed E-state index contributed by atoms with van der Waals surface area (Å²) in [4.78, 5) is 17.2. The molecule has 1 unspecified atom stereocenters. The van der Waals surface area contributed by atoms with Crippen LogP contribution >= 0.6 is 0 Å². The zero-order valence-electron chi connectivity index (χ0n) is 18.0. The minimum Gasteiger partial charge on any atom is -0.493 e. The van der Waals surface area contributed by atoms with Crippen molar-refractivity contribution in [2.45, 2.75) is 33.1 Å². The first-order chi connectivity index (χ1) is 14.6. The van der Waals surface area contributed by atoms with Crippen LogP contribution in [0, 0.1) is 31.1 Å². The molecule has 3 rings (SSSR count). The number of hydrogen-bond acceptors (Lipinski definition) is 4. The first kappa shape index (κ1) is 21.9. The maximum Gasteiger partial charge on any atom is 0.241 e. The molecule has 1 heterocycles. The Labute approximate surface area is 179 Å². The average Bonchev–Trinajstić information content (AvgIpc) is 2.76. The quantitative estimate of drug-likeness (QED) is 0.655. The molecule has 0 bridgehead atoms. The number of hydrogen-bond donors (Lipinski definition) is 0. The summed E-state index contributed by atoms with van der Waals surface area (Å²) in [5, 5.41) is 9.06. The Balaban J connectivity index is 1.61. The van der Waals surface area contributed by atoms with Gasteiger partial charge in [0.2, 0.25) is 5.91 Å². The molecule has 2 aromatic carbocycles. The van der Waals surface area contributed by atoms with Crippen LogP contribution in [0.25, 0.3) is 0 Å². The minimum absolute atomic E-state index is 0.0589. The molecule has 1 fully saturated rings. The van der Waals surface area contributed by atoms with Crippen molar-refractivity contribution in [3.05, 3.63) is 59.7 Å². The van der Waals surface area contributed by atoms with Gasteiger partial charge in [0.15, 0.2) is 0 Å². The van der Waals surface area contributed by atoms with Crippen LogP contribution < -0.4 is 9.64 Å². The lowest BCUT2D eigenvalue weighted by Crippen LogP contribution is -2.45. The van der Waals surface area contributed by atoms with Crippen molar-refractivity contribution in [2.24, 2.45) is 5.92 Å². The third-order valence-corrected chi connectivity index (χ3v) is 5.81. The molecule has 1 aliphatic heterocycles. The molecule has 158 valence electrons. The Bertz CT molecular complexity index is 876. The van der Waals surface area contributed by atoms with Crippen molar-refractivity contribution in [1.82, 2.24) is 4.90 Å². The highest BCUT2D eigenvalue weighted by Crippen LogP contribution is 2.24. The molecule has 1 atom stereocenters. The molecule has 5 nitrogen and oxygen atoms in total. The first-order valence-electron chi connectivity index (χ1n) is 10.7. The number of piperidine rings is 1. The highest BCUT2D eigenvalue weighted by molar-refractivity contribution is 5.95. The third-order valence-electron chi connectivity index (χ3n) is 5.81. The molecule has 0 spiro atoms. The summed E-state index contributed by atoms with van der Waals surface area (Å²) in [6.07, 6.45) is 2.51. The topological polar surface area (TPSA) is 56.6 Å². The van der Waals surface area contributed by atoms with E-state index in [1.165, 1.54) is 0 Å². The molecule has 0 radical (unpaired) electrons. The van der Waals surface area contributed by atoms with Crippen LogP contribution in [0.5, 0.6) is 5.75 Å². The predicted molar refractivity (Wildman–Crippen MR) is 120 cm³/mol. The summed E-state index contributed by atoms with van der Waals surface area (Å²) >= 11 is 0. The normalized spacial score (nSPS) is 16.6. The third kappa shape index (κ3) is 5.84. The fourth-order valence-electron chi connectivity index (χ4n) is 4.01. The number of carbonyl (C=O) groups excluding carboxylic acids is 1. The summed E-state index contributed by atoms with van der Waals surface area (Å²) in [5.74, 6) is 1.37.